The Labute approximate surface area is 121 Å². The zero-order chi connectivity index (χ0) is 15.7. The van der Waals surface area contributed by atoms with E-state index in [-0.39, 0.29) is 11.5 Å². The van der Waals surface area contributed by atoms with Gasteiger partial charge in [0, 0.05) is 16.9 Å². The van der Waals surface area contributed by atoms with E-state index in [1.807, 2.05) is 0 Å². The normalized spacial score (nSPS) is 13.9. The molecule has 1 aromatic heterocycles. The van der Waals surface area contributed by atoms with Gasteiger partial charge in [-0.2, -0.15) is 0 Å². The number of carboxylic acids is 1. The number of rotatable bonds is 4. The Morgan fingerprint density at radius 3 is 2.57 bits per heavy atom. The molecule has 0 fully saturated rings. The largest absolute Gasteiger partial charge is 0.481 e. The van der Waals surface area contributed by atoms with Crippen LogP contribution in [0.25, 0.3) is 10.9 Å². The number of nitrogens with one attached hydrogen (secondary N) is 2. The molecule has 2 aromatic rings. The van der Waals surface area contributed by atoms with Crippen molar-refractivity contribution in [1.29, 1.82) is 0 Å². The lowest BCUT2D eigenvalue weighted by molar-refractivity contribution is -0.141. The van der Waals surface area contributed by atoms with Crippen LogP contribution < -0.4 is 5.32 Å². The molecule has 1 heterocycles. The third-order valence-corrected chi connectivity index (χ3v) is 3.65. The van der Waals surface area contributed by atoms with E-state index in [4.69, 9.17) is 5.11 Å². The number of aromatic nitrogens is 1. The zero-order valence-electron chi connectivity index (χ0n) is 12.0. The Morgan fingerprint density at radius 1 is 1.29 bits per heavy atom. The Morgan fingerprint density at radius 2 is 1.95 bits per heavy atom. The van der Waals surface area contributed by atoms with E-state index in [9.17, 15) is 14.0 Å². The number of benzene rings is 1. The summed E-state index contributed by atoms with van der Waals surface area (Å²) in [6.45, 7) is 4.92. The van der Waals surface area contributed by atoms with Gasteiger partial charge in [0.05, 0.1) is 5.92 Å². The standard InChI is InChI=1S/C15H17FN2O3/c1-7-4-10(16)5-12-11(7)6-13(18-12)14(19)17-9(3)8(2)15(20)21/h4-6,8-9,18H,1-3H3,(H,17,19)(H,20,21). The first-order chi connectivity index (χ1) is 9.79. The van der Waals surface area contributed by atoms with Crippen LogP contribution in [0.3, 0.4) is 0 Å². The van der Waals surface area contributed by atoms with Crippen LogP contribution in [0.4, 0.5) is 4.39 Å². The van der Waals surface area contributed by atoms with Gasteiger partial charge >= 0.3 is 5.97 Å². The summed E-state index contributed by atoms with van der Waals surface area (Å²) in [4.78, 5) is 25.9. The first kappa shape index (κ1) is 15.0. The first-order valence-corrected chi connectivity index (χ1v) is 6.62. The molecule has 0 aliphatic rings. The van der Waals surface area contributed by atoms with Crippen molar-refractivity contribution in [2.24, 2.45) is 5.92 Å². The van der Waals surface area contributed by atoms with Crippen molar-refractivity contribution in [2.75, 3.05) is 0 Å². The van der Waals surface area contributed by atoms with Gasteiger partial charge < -0.3 is 15.4 Å². The molecule has 0 bridgehead atoms. The lowest BCUT2D eigenvalue weighted by Crippen LogP contribution is -2.40. The summed E-state index contributed by atoms with van der Waals surface area (Å²) < 4.78 is 13.3. The monoisotopic (exact) mass is 292 g/mol. The Balaban J connectivity index is 2.24. The molecule has 2 unspecified atom stereocenters. The summed E-state index contributed by atoms with van der Waals surface area (Å²) in [6, 6.07) is 3.84. The van der Waals surface area contributed by atoms with Gasteiger partial charge in [0.25, 0.3) is 5.91 Å². The van der Waals surface area contributed by atoms with E-state index < -0.39 is 23.8 Å². The smallest absolute Gasteiger partial charge is 0.308 e. The average molecular weight is 292 g/mol. The Bertz CT molecular complexity index is 708. The highest BCUT2D eigenvalue weighted by Gasteiger charge is 2.22. The molecule has 2 rings (SSSR count). The van der Waals surface area contributed by atoms with Crippen molar-refractivity contribution in [3.05, 3.63) is 35.3 Å². The molecule has 3 N–H and O–H groups in total. The van der Waals surface area contributed by atoms with Crippen LogP contribution in [0.2, 0.25) is 0 Å². The summed E-state index contributed by atoms with van der Waals surface area (Å²) >= 11 is 0. The number of carbonyl (C=O) groups excluding carboxylic acids is 1. The average Bonchev–Trinajstić information content (AvgIpc) is 2.81. The Hall–Kier alpha value is -2.37. The molecule has 0 aliphatic heterocycles. The highest BCUT2D eigenvalue weighted by atomic mass is 19.1. The summed E-state index contributed by atoms with van der Waals surface area (Å²) in [7, 11) is 0. The minimum atomic E-state index is -0.975. The van der Waals surface area contributed by atoms with Crippen molar-refractivity contribution in [3.63, 3.8) is 0 Å². The number of carbonyl (C=O) groups is 2. The first-order valence-electron chi connectivity index (χ1n) is 6.62. The number of H-pyrrole nitrogens is 1. The van der Waals surface area contributed by atoms with E-state index in [1.54, 1.807) is 19.9 Å². The van der Waals surface area contributed by atoms with E-state index >= 15 is 0 Å². The molecule has 0 radical (unpaired) electrons. The van der Waals surface area contributed by atoms with Gasteiger partial charge in [0.15, 0.2) is 0 Å². The fourth-order valence-corrected chi connectivity index (χ4v) is 2.12. The van der Waals surface area contributed by atoms with Gasteiger partial charge in [-0.15, -0.1) is 0 Å². The fourth-order valence-electron chi connectivity index (χ4n) is 2.12. The maximum absolute atomic E-state index is 13.3. The van der Waals surface area contributed by atoms with E-state index in [2.05, 4.69) is 10.3 Å². The van der Waals surface area contributed by atoms with Gasteiger partial charge in [0.2, 0.25) is 0 Å². The lowest BCUT2D eigenvalue weighted by Gasteiger charge is -2.17. The molecule has 0 saturated carbocycles. The van der Waals surface area contributed by atoms with Crippen LogP contribution in [-0.4, -0.2) is 28.0 Å². The predicted molar refractivity (Wildman–Crippen MR) is 76.7 cm³/mol. The maximum atomic E-state index is 13.3. The SMILES string of the molecule is Cc1cc(F)cc2[nH]c(C(=O)NC(C)C(C)C(=O)O)cc12. The number of aromatic amines is 1. The van der Waals surface area contributed by atoms with Crippen molar-refractivity contribution < 1.29 is 19.1 Å². The molecule has 112 valence electrons. The van der Waals surface area contributed by atoms with Crippen molar-refractivity contribution in [3.8, 4) is 0 Å². The topological polar surface area (TPSA) is 82.2 Å². The third-order valence-electron chi connectivity index (χ3n) is 3.65. The molecule has 21 heavy (non-hydrogen) atoms. The number of aryl methyl sites for hydroxylation is 1. The number of carboxylic acid groups (broad SMARTS) is 1. The molecule has 2 atom stereocenters. The summed E-state index contributed by atoms with van der Waals surface area (Å²) in [5.74, 6) is -2.46. The summed E-state index contributed by atoms with van der Waals surface area (Å²) in [5.41, 5.74) is 1.55. The highest BCUT2D eigenvalue weighted by Crippen LogP contribution is 2.21. The predicted octanol–water partition coefficient (Wildman–Crippen LogP) is 2.45. The Kier molecular flexibility index (Phi) is 3.97. The minimum absolute atomic E-state index is 0.281. The molecule has 0 saturated heterocycles. The van der Waals surface area contributed by atoms with Crippen molar-refractivity contribution >= 4 is 22.8 Å². The van der Waals surface area contributed by atoms with Gasteiger partial charge in [-0.3, -0.25) is 9.59 Å². The highest BCUT2D eigenvalue weighted by molar-refractivity contribution is 5.99. The molecule has 0 aliphatic carbocycles. The van der Waals surface area contributed by atoms with Crippen LogP contribution in [0.15, 0.2) is 18.2 Å². The van der Waals surface area contributed by atoms with Gasteiger partial charge in [-0.05, 0) is 44.5 Å². The number of aliphatic carboxylic acids is 1. The van der Waals surface area contributed by atoms with Crippen LogP contribution in [-0.2, 0) is 4.79 Å². The second-order valence-electron chi connectivity index (χ2n) is 5.26. The molecule has 0 spiro atoms. The number of amides is 1. The number of hydrogen-bond donors (Lipinski definition) is 3. The van der Waals surface area contributed by atoms with Crippen LogP contribution in [0, 0.1) is 18.7 Å². The second-order valence-corrected chi connectivity index (χ2v) is 5.26. The maximum Gasteiger partial charge on any atom is 0.308 e. The molecule has 6 heteroatoms. The molecular weight excluding hydrogens is 275 g/mol. The van der Waals surface area contributed by atoms with Crippen molar-refractivity contribution in [1.82, 2.24) is 10.3 Å². The quantitative estimate of drug-likeness (QED) is 0.809. The van der Waals surface area contributed by atoms with Crippen LogP contribution in [0.5, 0.6) is 0 Å². The van der Waals surface area contributed by atoms with Gasteiger partial charge in [-0.25, -0.2) is 4.39 Å². The van der Waals surface area contributed by atoms with Crippen molar-refractivity contribution in [2.45, 2.75) is 26.8 Å². The van der Waals surface area contributed by atoms with Gasteiger partial charge in [-0.1, -0.05) is 0 Å². The second kappa shape index (κ2) is 5.55. The molecule has 1 amide bonds. The van der Waals surface area contributed by atoms with E-state index in [0.29, 0.717) is 5.52 Å². The minimum Gasteiger partial charge on any atom is -0.481 e. The molecular formula is C15H17FN2O3. The van der Waals surface area contributed by atoms with Crippen LogP contribution in [0.1, 0.15) is 29.9 Å². The fraction of sp³-hybridized carbons (Fsp3) is 0.333. The van der Waals surface area contributed by atoms with E-state index in [0.717, 1.165) is 10.9 Å². The molecule has 1 aromatic carbocycles. The summed E-state index contributed by atoms with van der Waals surface area (Å²) in [5, 5.41) is 12.3. The number of fused-ring (bicyclic) bond motifs is 1. The van der Waals surface area contributed by atoms with Crippen LogP contribution >= 0.6 is 0 Å². The number of hydrogen-bond acceptors (Lipinski definition) is 2. The number of halogens is 1. The van der Waals surface area contributed by atoms with E-state index in [1.165, 1.54) is 19.1 Å². The molecule has 5 nitrogen and oxygen atoms in total. The summed E-state index contributed by atoms with van der Waals surface area (Å²) in [6.07, 6.45) is 0. The third kappa shape index (κ3) is 3.04. The lowest BCUT2D eigenvalue weighted by atomic mass is 10.0. The zero-order valence-corrected chi connectivity index (χ0v) is 12.0. The van der Waals surface area contributed by atoms with Gasteiger partial charge in [0.1, 0.15) is 11.5 Å².